The lowest BCUT2D eigenvalue weighted by Crippen LogP contribution is -2.50. The molecule has 0 aliphatic carbocycles. The van der Waals surface area contributed by atoms with E-state index in [0.717, 1.165) is 24.3 Å². The van der Waals surface area contributed by atoms with Gasteiger partial charge in [-0.15, -0.1) is 0 Å². The molecule has 3 rings (SSSR count). The van der Waals surface area contributed by atoms with Crippen LogP contribution in [-0.4, -0.2) is 49.7 Å². The van der Waals surface area contributed by atoms with E-state index in [4.69, 9.17) is 0 Å². The van der Waals surface area contributed by atoms with E-state index in [-0.39, 0.29) is 36.6 Å². The number of amides is 1. The van der Waals surface area contributed by atoms with Crippen LogP contribution < -0.4 is 0 Å². The van der Waals surface area contributed by atoms with Gasteiger partial charge in [0.2, 0.25) is 10.0 Å². The second kappa shape index (κ2) is 7.08. The third-order valence-corrected chi connectivity index (χ3v) is 6.05. The van der Waals surface area contributed by atoms with Crippen molar-refractivity contribution in [3.8, 4) is 0 Å². The number of rotatable bonds is 3. The zero-order valence-corrected chi connectivity index (χ0v) is 14.3. The molecule has 9 heteroatoms. The maximum Gasteiger partial charge on any atom is 0.256 e. The van der Waals surface area contributed by atoms with Crippen molar-refractivity contribution in [1.82, 2.24) is 9.21 Å². The molecule has 5 nitrogen and oxygen atoms in total. The maximum absolute atomic E-state index is 13.8. The number of hydrogen-bond acceptors (Lipinski definition) is 3. The summed E-state index contributed by atoms with van der Waals surface area (Å²) in [5.74, 6) is -2.91. The molecule has 0 spiro atoms. The highest BCUT2D eigenvalue weighted by atomic mass is 32.2. The number of piperazine rings is 1. The van der Waals surface area contributed by atoms with Crippen molar-refractivity contribution in [2.75, 3.05) is 26.2 Å². The summed E-state index contributed by atoms with van der Waals surface area (Å²) in [5, 5.41) is 0. The molecule has 0 saturated carbocycles. The van der Waals surface area contributed by atoms with Crippen molar-refractivity contribution >= 4 is 15.9 Å². The molecule has 1 amide bonds. The normalized spacial score (nSPS) is 15.9. The smallest absolute Gasteiger partial charge is 0.256 e. The first kappa shape index (κ1) is 18.4. The molecule has 1 aliphatic heterocycles. The molecule has 26 heavy (non-hydrogen) atoms. The molecule has 1 saturated heterocycles. The van der Waals surface area contributed by atoms with E-state index in [1.807, 2.05) is 0 Å². The molecule has 0 bridgehead atoms. The Morgan fingerprint density at radius 2 is 1.42 bits per heavy atom. The van der Waals surface area contributed by atoms with Gasteiger partial charge < -0.3 is 4.90 Å². The minimum Gasteiger partial charge on any atom is -0.336 e. The molecule has 1 fully saturated rings. The van der Waals surface area contributed by atoms with Gasteiger partial charge in [-0.2, -0.15) is 4.31 Å². The molecule has 0 unspecified atom stereocenters. The van der Waals surface area contributed by atoms with Crippen LogP contribution in [-0.2, 0) is 10.0 Å². The van der Waals surface area contributed by atoms with Crippen LogP contribution in [0.2, 0.25) is 0 Å². The topological polar surface area (TPSA) is 57.7 Å². The van der Waals surface area contributed by atoms with Crippen LogP contribution in [0.25, 0.3) is 0 Å². The maximum atomic E-state index is 13.8. The van der Waals surface area contributed by atoms with Gasteiger partial charge in [0.15, 0.2) is 0 Å². The summed E-state index contributed by atoms with van der Waals surface area (Å²) in [5.41, 5.74) is -0.263. The molecular formula is C17H15F3N2O3S. The van der Waals surface area contributed by atoms with Crippen LogP contribution >= 0.6 is 0 Å². The first-order chi connectivity index (χ1) is 12.3. The lowest BCUT2D eigenvalue weighted by Gasteiger charge is -2.34. The summed E-state index contributed by atoms with van der Waals surface area (Å²) < 4.78 is 65.9. The Morgan fingerprint density at radius 3 is 2.00 bits per heavy atom. The van der Waals surface area contributed by atoms with Crippen LogP contribution in [0.15, 0.2) is 47.4 Å². The van der Waals surface area contributed by atoms with E-state index >= 15 is 0 Å². The molecule has 1 heterocycles. The van der Waals surface area contributed by atoms with Crippen LogP contribution in [0.5, 0.6) is 0 Å². The van der Waals surface area contributed by atoms with Gasteiger partial charge in [0, 0.05) is 32.2 Å². The summed E-state index contributed by atoms with van der Waals surface area (Å²) in [6.45, 7) is 0.175. The van der Waals surface area contributed by atoms with E-state index < -0.39 is 33.4 Å². The summed E-state index contributed by atoms with van der Waals surface area (Å²) >= 11 is 0. The Balaban J connectivity index is 1.70. The molecular weight excluding hydrogens is 369 g/mol. The molecule has 1 aliphatic rings. The number of nitrogens with zero attached hydrogens (tertiary/aromatic N) is 2. The summed E-state index contributed by atoms with van der Waals surface area (Å²) in [7, 11) is -3.80. The van der Waals surface area contributed by atoms with Crippen molar-refractivity contribution < 1.29 is 26.4 Å². The summed E-state index contributed by atoms with van der Waals surface area (Å²) in [4.78, 5) is 13.6. The van der Waals surface area contributed by atoms with E-state index in [1.165, 1.54) is 21.3 Å². The van der Waals surface area contributed by atoms with Gasteiger partial charge in [0.1, 0.15) is 17.5 Å². The number of carbonyl (C=O) groups excluding carboxylic acids is 1. The Hall–Kier alpha value is -2.39. The van der Waals surface area contributed by atoms with E-state index in [9.17, 15) is 26.4 Å². The van der Waals surface area contributed by atoms with Crippen molar-refractivity contribution in [2.45, 2.75) is 4.90 Å². The summed E-state index contributed by atoms with van der Waals surface area (Å²) in [6.07, 6.45) is 0. The third-order valence-electron chi connectivity index (χ3n) is 4.14. The minimum atomic E-state index is -3.80. The highest BCUT2D eigenvalue weighted by molar-refractivity contribution is 7.89. The summed E-state index contributed by atoms with van der Waals surface area (Å²) in [6, 6.07) is 7.16. The largest absolute Gasteiger partial charge is 0.336 e. The number of benzene rings is 2. The lowest BCUT2D eigenvalue weighted by molar-refractivity contribution is 0.0693. The van der Waals surface area contributed by atoms with Gasteiger partial charge in [0.25, 0.3) is 5.91 Å². The molecule has 0 atom stereocenters. The zero-order valence-electron chi connectivity index (χ0n) is 13.5. The van der Waals surface area contributed by atoms with Crippen LogP contribution in [0.3, 0.4) is 0 Å². The highest BCUT2D eigenvalue weighted by Gasteiger charge is 2.31. The van der Waals surface area contributed by atoms with E-state index in [1.54, 1.807) is 0 Å². The second-order valence-electron chi connectivity index (χ2n) is 5.77. The van der Waals surface area contributed by atoms with Gasteiger partial charge in [-0.25, -0.2) is 21.6 Å². The van der Waals surface area contributed by atoms with Crippen LogP contribution in [0.1, 0.15) is 10.4 Å². The lowest BCUT2D eigenvalue weighted by atomic mass is 10.1. The molecule has 2 aromatic rings. The predicted octanol–water partition coefficient (Wildman–Crippen LogP) is 2.25. The average Bonchev–Trinajstić information content (AvgIpc) is 2.62. The number of sulfonamides is 1. The molecule has 0 radical (unpaired) electrons. The van der Waals surface area contributed by atoms with Crippen molar-refractivity contribution in [2.24, 2.45) is 0 Å². The number of halogens is 3. The Morgan fingerprint density at radius 1 is 0.846 bits per heavy atom. The van der Waals surface area contributed by atoms with Gasteiger partial charge in [-0.1, -0.05) is 0 Å². The van der Waals surface area contributed by atoms with Gasteiger partial charge in [-0.05, 0) is 36.4 Å². The average molecular weight is 384 g/mol. The zero-order chi connectivity index (χ0) is 18.9. The Kier molecular flexibility index (Phi) is 5.01. The number of carbonyl (C=O) groups is 1. The monoisotopic (exact) mass is 384 g/mol. The fraction of sp³-hybridized carbons (Fsp3) is 0.235. The van der Waals surface area contributed by atoms with Gasteiger partial charge in [-0.3, -0.25) is 4.79 Å². The Bertz CT molecular complexity index is 925. The third kappa shape index (κ3) is 3.58. The van der Waals surface area contributed by atoms with Crippen molar-refractivity contribution in [3.05, 3.63) is 65.5 Å². The first-order valence-electron chi connectivity index (χ1n) is 7.79. The molecule has 2 aromatic carbocycles. The van der Waals surface area contributed by atoms with Crippen LogP contribution in [0.4, 0.5) is 13.2 Å². The fourth-order valence-electron chi connectivity index (χ4n) is 2.72. The van der Waals surface area contributed by atoms with Gasteiger partial charge in [0.05, 0.1) is 10.5 Å². The second-order valence-corrected chi connectivity index (χ2v) is 7.71. The van der Waals surface area contributed by atoms with Gasteiger partial charge >= 0.3 is 0 Å². The SMILES string of the molecule is O=C(c1ccc(F)cc1F)N1CCN(S(=O)(=O)c2ccc(F)cc2)CC1. The minimum absolute atomic E-state index is 0.0221. The van der Waals surface area contributed by atoms with E-state index in [0.29, 0.717) is 6.07 Å². The molecule has 0 N–H and O–H groups in total. The first-order valence-corrected chi connectivity index (χ1v) is 9.23. The Labute approximate surface area is 148 Å². The molecule has 138 valence electrons. The predicted molar refractivity (Wildman–Crippen MR) is 87.4 cm³/mol. The highest BCUT2D eigenvalue weighted by Crippen LogP contribution is 2.19. The van der Waals surface area contributed by atoms with Crippen molar-refractivity contribution in [3.63, 3.8) is 0 Å². The molecule has 0 aromatic heterocycles. The fourth-order valence-corrected chi connectivity index (χ4v) is 4.14. The number of hydrogen-bond donors (Lipinski definition) is 0. The quantitative estimate of drug-likeness (QED) is 0.816. The van der Waals surface area contributed by atoms with Crippen LogP contribution in [0, 0.1) is 17.5 Å². The standard InChI is InChI=1S/C17H15F3N2O3S/c18-12-1-4-14(5-2-12)26(24,25)22-9-7-21(8-10-22)17(23)15-6-3-13(19)11-16(15)20/h1-6,11H,7-10H2. The van der Waals surface area contributed by atoms with Crippen molar-refractivity contribution in [1.29, 1.82) is 0 Å². The van der Waals surface area contributed by atoms with E-state index in [2.05, 4.69) is 0 Å².